The second kappa shape index (κ2) is 5.25. The molecule has 1 aromatic rings. The van der Waals surface area contributed by atoms with Crippen LogP contribution in [0.4, 0.5) is 18.0 Å². The van der Waals surface area contributed by atoms with Crippen LogP contribution in [0, 0.1) is 0 Å². The Bertz CT molecular complexity index is 632. The third-order valence-corrected chi connectivity index (χ3v) is 3.94. The van der Waals surface area contributed by atoms with E-state index < -0.39 is 30.2 Å². The molecular formula is C16H19F3N2O2. The molecule has 1 N–H and O–H groups in total. The maximum atomic E-state index is 12.5. The third kappa shape index (κ3) is 3.33. The lowest BCUT2D eigenvalue weighted by Gasteiger charge is -2.25. The molecule has 0 unspecified atom stereocenters. The highest BCUT2D eigenvalue weighted by Crippen LogP contribution is 2.32. The molecule has 1 aromatic carbocycles. The number of imide groups is 1. The van der Waals surface area contributed by atoms with Gasteiger partial charge in [-0.05, 0) is 23.5 Å². The van der Waals surface area contributed by atoms with Crippen LogP contribution < -0.4 is 5.32 Å². The molecule has 0 spiro atoms. The van der Waals surface area contributed by atoms with Gasteiger partial charge in [-0.3, -0.25) is 9.69 Å². The van der Waals surface area contributed by atoms with Crippen LogP contribution in [0.2, 0.25) is 0 Å². The van der Waals surface area contributed by atoms with E-state index in [9.17, 15) is 22.8 Å². The van der Waals surface area contributed by atoms with Crippen LogP contribution >= 0.6 is 0 Å². The zero-order chi connectivity index (χ0) is 17.6. The molecule has 0 radical (unpaired) electrons. The number of nitrogens with one attached hydrogen (secondary N) is 1. The lowest BCUT2D eigenvalue weighted by molar-refractivity contribution is -0.154. The van der Waals surface area contributed by atoms with Crippen molar-refractivity contribution >= 4 is 11.9 Å². The number of carbonyl (C=O) groups excluding carboxylic acids is 2. The Morgan fingerprint density at radius 2 is 1.61 bits per heavy atom. The molecule has 0 saturated carbocycles. The number of alkyl halides is 3. The number of hydrogen-bond acceptors (Lipinski definition) is 2. The van der Waals surface area contributed by atoms with Crippen molar-refractivity contribution in [2.24, 2.45) is 0 Å². The van der Waals surface area contributed by atoms with E-state index in [0.717, 1.165) is 5.56 Å². The average Bonchev–Trinajstić information content (AvgIpc) is 2.61. The molecule has 0 aromatic heterocycles. The normalized spacial score (nSPS) is 22.5. The fraction of sp³-hybridized carbons (Fsp3) is 0.500. The molecule has 1 aliphatic rings. The Labute approximate surface area is 132 Å². The van der Waals surface area contributed by atoms with Crippen LogP contribution in [0.15, 0.2) is 24.3 Å². The minimum absolute atomic E-state index is 0.0926. The Hall–Kier alpha value is -2.05. The zero-order valence-corrected chi connectivity index (χ0v) is 13.4. The van der Waals surface area contributed by atoms with Gasteiger partial charge in [-0.1, -0.05) is 45.0 Å². The lowest BCUT2D eigenvalue weighted by Crippen LogP contribution is -2.42. The van der Waals surface area contributed by atoms with Gasteiger partial charge in [0.15, 0.2) is 0 Å². The topological polar surface area (TPSA) is 49.4 Å². The van der Waals surface area contributed by atoms with Gasteiger partial charge in [0.05, 0.1) is 0 Å². The monoisotopic (exact) mass is 328 g/mol. The van der Waals surface area contributed by atoms with Gasteiger partial charge in [0.2, 0.25) is 0 Å². The Morgan fingerprint density at radius 1 is 1.09 bits per heavy atom. The Balaban J connectivity index is 2.32. The lowest BCUT2D eigenvalue weighted by atomic mass is 9.84. The highest BCUT2D eigenvalue weighted by atomic mass is 19.4. The number of hydrogen-bond donors (Lipinski definition) is 1. The molecule has 0 bridgehead atoms. The van der Waals surface area contributed by atoms with E-state index in [1.54, 1.807) is 12.1 Å². The van der Waals surface area contributed by atoms with Gasteiger partial charge >= 0.3 is 12.2 Å². The first kappa shape index (κ1) is 17.3. The first-order valence-corrected chi connectivity index (χ1v) is 7.16. The van der Waals surface area contributed by atoms with E-state index in [-0.39, 0.29) is 10.3 Å². The van der Waals surface area contributed by atoms with Gasteiger partial charge in [0.25, 0.3) is 5.91 Å². The summed E-state index contributed by atoms with van der Waals surface area (Å²) < 4.78 is 37.6. The molecule has 1 atom stereocenters. The number of benzene rings is 1. The largest absolute Gasteiger partial charge is 0.406 e. The maximum Gasteiger partial charge on any atom is 0.406 e. The number of carbonyl (C=O) groups is 2. The number of halogens is 3. The molecule has 2 rings (SSSR count). The SMILES string of the molecule is CC(C)(C)c1ccc([C@@]2(C)NC(=O)N(CC(F)(F)F)C2=O)cc1. The van der Waals surface area contributed by atoms with Crippen LogP contribution in [0.3, 0.4) is 0 Å². The van der Waals surface area contributed by atoms with Gasteiger partial charge < -0.3 is 5.32 Å². The van der Waals surface area contributed by atoms with Crippen molar-refractivity contribution in [1.82, 2.24) is 10.2 Å². The van der Waals surface area contributed by atoms with Crippen LogP contribution in [-0.4, -0.2) is 29.6 Å². The molecular weight excluding hydrogens is 309 g/mol. The van der Waals surface area contributed by atoms with Crippen molar-refractivity contribution in [1.29, 1.82) is 0 Å². The van der Waals surface area contributed by atoms with Gasteiger partial charge in [0, 0.05) is 0 Å². The highest BCUT2D eigenvalue weighted by molar-refractivity contribution is 6.07. The average molecular weight is 328 g/mol. The number of urea groups is 1. The molecule has 4 nitrogen and oxygen atoms in total. The van der Waals surface area contributed by atoms with Crippen molar-refractivity contribution < 1.29 is 22.8 Å². The molecule has 23 heavy (non-hydrogen) atoms. The molecule has 1 saturated heterocycles. The van der Waals surface area contributed by atoms with Gasteiger partial charge in [-0.2, -0.15) is 13.2 Å². The van der Waals surface area contributed by atoms with Gasteiger partial charge in [-0.25, -0.2) is 4.79 Å². The first-order valence-electron chi connectivity index (χ1n) is 7.16. The molecule has 1 heterocycles. The minimum atomic E-state index is -4.63. The molecule has 1 fully saturated rings. The third-order valence-electron chi connectivity index (χ3n) is 3.94. The summed E-state index contributed by atoms with van der Waals surface area (Å²) in [6, 6.07) is 5.92. The molecule has 3 amide bonds. The van der Waals surface area contributed by atoms with Crippen molar-refractivity contribution in [3.63, 3.8) is 0 Å². The van der Waals surface area contributed by atoms with E-state index in [1.165, 1.54) is 6.92 Å². The quantitative estimate of drug-likeness (QED) is 0.847. The van der Waals surface area contributed by atoms with E-state index in [2.05, 4.69) is 5.32 Å². The smallest absolute Gasteiger partial charge is 0.319 e. The first-order chi connectivity index (χ1) is 10.3. The van der Waals surface area contributed by atoms with Crippen molar-refractivity contribution in [2.75, 3.05) is 6.54 Å². The fourth-order valence-electron chi connectivity index (χ4n) is 2.52. The predicted molar refractivity (Wildman–Crippen MR) is 78.8 cm³/mol. The summed E-state index contributed by atoms with van der Waals surface area (Å²) in [5.74, 6) is -0.900. The Morgan fingerprint density at radius 3 is 2.04 bits per heavy atom. The van der Waals surface area contributed by atoms with Crippen LogP contribution in [0.1, 0.15) is 38.8 Å². The van der Waals surface area contributed by atoms with Gasteiger partial charge in [0.1, 0.15) is 12.1 Å². The van der Waals surface area contributed by atoms with E-state index in [1.807, 2.05) is 32.9 Å². The van der Waals surface area contributed by atoms with E-state index >= 15 is 0 Å². The minimum Gasteiger partial charge on any atom is -0.319 e. The summed E-state index contributed by atoms with van der Waals surface area (Å²) in [6.45, 7) is 5.90. The van der Waals surface area contributed by atoms with Crippen LogP contribution in [-0.2, 0) is 15.7 Å². The zero-order valence-electron chi connectivity index (χ0n) is 13.4. The van der Waals surface area contributed by atoms with Crippen molar-refractivity contribution in [3.05, 3.63) is 35.4 Å². The molecule has 7 heteroatoms. The summed E-state index contributed by atoms with van der Waals surface area (Å²) in [5.41, 5.74) is -0.106. The fourth-order valence-corrected chi connectivity index (χ4v) is 2.52. The van der Waals surface area contributed by atoms with E-state index in [0.29, 0.717) is 5.56 Å². The van der Waals surface area contributed by atoms with Crippen LogP contribution in [0.25, 0.3) is 0 Å². The van der Waals surface area contributed by atoms with E-state index in [4.69, 9.17) is 0 Å². The van der Waals surface area contributed by atoms with Crippen LogP contribution in [0.5, 0.6) is 0 Å². The molecule has 126 valence electrons. The Kier molecular flexibility index (Phi) is 3.95. The summed E-state index contributed by atoms with van der Waals surface area (Å²) in [6.07, 6.45) is -4.63. The predicted octanol–water partition coefficient (Wildman–Crippen LogP) is 3.31. The molecule has 0 aliphatic carbocycles. The second-order valence-corrected chi connectivity index (χ2v) is 6.89. The summed E-state index contributed by atoms with van der Waals surface area (Å²) >= 11 is 0. The number of nitrogens with zero attached hydrogens (tertiary/aromatic N) is 1. The summed E-state index contributed by atoms with van der Waals surface area (Å²) in [7, 11) is 0. The van der Waals surface area contributed by atoms with Crippen molar-refractivity contribution in [2.45, 2.75) is 44.8 Å². The maximum absolute atomic E-state index is 12.5. The standard InChI is InChI=1S/C16H19F3N2O2/c1-14(2,3)10-5-7-11(8-6-10)15(4)12(22)21(13(23)20-15)9-16(17,18)19/h5-8H,9H2,1-4H3,(H,20,23)/t15-/m1/s1. The summed E-state index contributed by atoms with van der Waals surface area (Å²) in [5, 5.41) is 2.36. The van der Waals surface area contributed by atoms with Crippen molar-refractivity contribution in [3.8, 4) is 0 Å². The molecule has 1 aliphatic heterocycles. The summed E-state index contributed by atoms with van der Waals surface area (Å²) in [4.78, 5) is 24.3. The second-order valence-electron chi connectivity index (χ2n) is 6.89. The number of rotatable bonds is 2. The van der Waals surface area contributed by atoms with Gasteiger partial charge in [-0.15, -0.1) is 0 Å². The number of amides is 3. The highest BCUT2D eigenvalue weighted by Gasteiger charge is 2.51.